The quantitative estimate of drug-likeness (QED) is 0.690. The number of hydrogen-bond donors (Lipinski definition) is 1. The molecule has 0 radical (unpaired) electrons. The molecule has 0 spiro atoms. The molecule has 1 N–H and O–H groups in total. The van der Waals surface area contributed by atoms with Crippen LogP contribution in [0, 0.1) is 5.82 Å². The van der Waals surface area contributed by atoms with Crippen LogP contribution in [-0.2, 0) is 0 Å². The average Bonchev–Trinajstić information content (AvgIpc) is 2.77. The van der Waals surface area contributed by atoms with Crippen molar-refractivity contribution in [2.75, 3.05) is 0 Å². The summed E-state index contributed by atoms with van der Waals surface area (Å²) in [4.78, 5) is 8.05. The third kappa shape index (κ3) is 1.59. The van der Waals surface area contributed by atoms with E-state index in [1.807, 2.05) is 0 Å². The standard InChI is InChI=1S/C11H7FN4O/c12-8-3-1-2-7(4-8)9-5-10(17)16-11(15-9)13-6-14-16/h1-6,17H. The van der Waals surface area contributed by atoms with Crippen LogP contribution in [0.2, 0.25) is 0 Å². The zero-order valence-corrected chi connectivity index (χ0v) is 8.58. The van der Waals surface area contributed by atoms with Gasteiger partial charge in [-0.05, 0) is 12.1 Å². The highest BCUT2D eigenvalue weighted by Gasteiger charge is 2.08. The number of rotatable bonds is 1. The summed E-state index contributed by atoms with van der Waals surface area (Å²) >= 11 is 0. The van der Waals surface area contributed by atoms with Gasteiger partial charge in [-0.1, -0.05) is 12.1 Å². The van der Waals surface area contributed by atoms with E-state index in [4.69, 9.17) is 0 Å². The molecule has 0 saturated heterocycles. The van der Waals surface area contributed by atoms with Crippen LogP contribution >= 0.6 is 0 Å². The van der Waals surface area contributed by atoms with Crippen molar-refractivity contribution in [3.05, 3.63) is 42.5 Å². The van der Waals surface area contributed by atoms with Crippen molar-refractivity contribution in [3.8, 4) is 17.1 Å². The van der Waals surface area contributed by atoms with Crippen LogP contribution in [0.5, 0.6) is 5.88 Å². The first kappa shape index (κ1) is 9.71. The molecule has 1 aromatic carbocycles. The lowest BCUT2D eigenvalue weighted by molar-refractivity contribution is 0.435. The van der Waals surface area contributed by atoms with Crippen molar-refractivity contribution in [2.24, 2.45) is 0 Å². The van der Waals surface area contributed by atoms with Crippen molar-refractivity contribution >= 4 is 5.78 Å². The van der Waals surface area contributed by atoms with Crippen molar-refractivity contribution in [2.45, 2.75) is 0 Å². The molecule has 0 saturated carbocycles. The lowest BCUT2D eigenvalue weighted by Gasteiger charge is -2.02. The van der Waals surface area contributed by atoms with Crippen molar-refractivity contribution < 1.29 is 9.50 Å². The van der Waals surface area contributed by atoms with E-state index in [-0.39, 0.29) is 17.5 Å². The zero-order chi connectivity index (χ0) is 11.8. The second kappa shape index (κ2) is 3.51. The summed E-state index contributed by atoms with van der Waals surface area (Å²) in [5.41, 5.74) is 1.02. The molecule has 2 aromatic heterocycles. The van der Waals surface area contributed by atoms with Crippen molar-refractivity contribution in [1.29, 1.82) is 0 Å². The van der Waals surface area contributed by atoms with E-state index in [1.54, 1.807) is 12.1 Å². The molecule has 6 heteroatoms. The van der Waals surface area contributed by atoms with Gasteiger partial charge >= 0.3 is 0 Å². The van der Waals surface area contributed by atoms with E-state index in [0.717, 1.165) is 0 Å². The average molecular weight is 230 g/mol. The van der Waals surface area contributed by atoms with Gasteiger partial charge in [0.15, 0.2) is 0 Å². The maximum absolute atomic E-state index is 13.1. The van der Waals surface area contributed by atoms with Crippen LogP contribution in [-0.4, -0.2) is 24.7 Å². The first-order valence-electron chi connectivity index (χ1n) is 4.90. The lowest BCUT2D eigenvalue weighted by atomic mass is 10.1. The Morgan fingerprint density at radius 2 is 2.12 bits per heavy atom. The topological polar surface area (TPSA) is 63.3 Å². The Balaban J connectivity index is 2.23. The third-order valence-corrected chi connectivity index (χ3v) is 2.35. The second-order valence-corrected chi connectivity index (χ2v) is 3.48. The third-order valence-electron chi connectivity index (χ3n) is 2.35. The number of hydrogen-bond acceptors (Lipinski definition) is 4. The molecule has 0 aliphatic carbocycles. The summed E-state index contributed by atoms with van der Waals surface area (Å²) in [6.07, 6.45) is 1.29. The Morgan fingerprint density at radius 1 is 1.24 bits per heavy atom. The zero-order valence-electron chi connectivity index (χ0n) is 8.58. The molecule has 5 nitrogen and oxygen atoms in total. The smallest absolute Gasteiger partial charge is 0.255 e. The summed E-state index contributed by atoms with van der Waals surface area (Å²) in [5.74, 6) is -0.179. The number of nitrogens with zero attached hydrogens (tertiary/aromatic N) is 4. The Morgan fingerprint density at radius 3 is 2.94 bits per heavy atom. The predicted molar refractivity (Wildman–Crippen MR) is 57.8 cm³/mol. The molecule has 0 unspecified atom stereocenters. The first-order valence-corrected chi connectivity index (χ1v) is 4.90. The van der Waals surface area contributed by atoms with Crippen LogP contribution in [0.25, 0.3) is 17.0 Å². The van der Waals surface area contributed by atoms with Crippen LogP contribution in [0.4, 0.5) is 4.39 Å². The fourth-order valence-electron chi connectivity index (χ4n) is 1.59. The summed E-state index contributed by atoms with van der Waals surface area (Å²) < 4.78 is 14.3. The molecule has 3 aromatic rings. The van der Waals surface area contributed by atoms with E-state index in [2.05, 4.69) is 15.1 Å². The number of aromatic nitrogens is 4. The maximum atomic E-state index is 13.1. The van der Waals surface area contributed by atoms with Gasteiger partial charge in [-0.25, -0.2) is 9.37 Å². The Kier molecular flexibility index (Phi) is 2.01. The minimum atomic E-state index is -0.356. The maximum Gasteiger partial charge on any atom is 0.255 e. The molecular formula is C11H7FN4O. The molecule has 0 aliphatic rings. The molecule has 2 heterocycles. The molecule has 17 heavy (non-hydrogen) atoms. The van der Waals surface area contributed by atoms with Gasteiger partial charge in [0.05, 0.1) is 5.69 Å². The van der Waals surface area contributed by atoms with Gasteiger partial charge in [-0.2, -0.15) is 14.6 Å². The second-order valence-electron chi connectivity index (χ2n) is 3.48. The molecule has 0 atom stereocenters. The Labute approximate surface area is 95.2 Å². The lowest BCUT2D eigenvalue weighted by Crippen LogP contribution is -1.94. The molecule has 0 amide bonds. The number of halogens is 1. The summed E-state index contributed by atoms with van der Waals surface area (Å²) in [7, 11) is 0. The monoisotopic (exact) mass is 230 g/mol. The largest absolute Gasteiger partial charge is 0.493 e. The minimum Gasteiger partial charge on any atom is -0.493 e. The fourth-order valence-corrected chi connectivity index (χ4v) is 1.59. The van der Waals surface area contributed by atoms with Gasteiger partial charge in [-0.3, -0.25) is 0 Å². The number of benzene rings is 1. The molecule has 84 valence electrons. The van der Waals surface area contributed by atoms with E-state index in [0.29, 0.717) is 11.3 Å². The molecule has 3 rings (SSSR count). The summed E-state index contributed by atoms with van der Waals surface area (Å²) in [6, 6.07) is 7.39. The van der Waals surface area contributed by atoms with Gasteiger partial charge < -0.3 is 5.11 Å². The highest BCUT2D eigenvalue weighted by Crippen LogP contribution is 2.22. The molecule has 0 fully saturated rings. The first-order chi connectivity index (χ1) is 8.24. The number of aromatic hydroxyl groups is 1. The van der Waals surface area contributed by atoms with E-state index < -0.39 is 0 Å². The van der Waals surface area contributed by atoms with Gasteiger partial charge in [0, 0.05) is 11.6 Å². The highest BCUT2D eigenvalue weighted by molar-refractivity contribution is 5.62. The molecule has 0 bridgehead atoms. The Bertz CT molecular complexity index is 695. The van der Waals surface area contributed by atoms with Gasteiger partial charge in [0.25, 0.3) is 5.78 Å². The Hall–Kier alpha value is -2.50. The van der Waals surface area contributed by atoms with Gasteiger partial charge in [0.1, 0.15) is 12.1 Å². The summed E-state index contributed by atoms with van der Waals surface area (Å²) in [5, 5.41) is 13.5. The predicted octanol–water partition coefficient (Wildman–Crippen LogP) is 1.64. The van der Waals surface area contributed by atoms with Crippen LogP contribution in [0.15, 0.2) is 36.7 Å². The van der Waals surface area contributed by atoms with Gasteiger partial charge in [0.2, 0.25) is 5.88 Å². The number of fused-ring (bicyclic) bond motifs is 1. The van der Waals surface area contributed by atoms with Crippen LogP contribution < -0.4 is 0 Å². The van der Waals surface area contributed by atoms with E-state index in [9.17, 15) is 9.50 Å². The minimum absolute atomic E-state index is 0.0910. The van der Waals surface area contributed by atoms with Crippen molar-refractivity contribution in [1.82, 2.24) is 19.6 Å². The van der Waals surface area contributed by atoms with Crippen LogP contribution in [0.1, 0.15) is 0 Å². The normalized spacial score (nSPS) is 10.9. The van der Waals surface area contributed by atoms with Crippen molar-refractivity contribution in [3.63, 3.8) is 0 Å². The summed E-state index contributed by atoms with van der Waals surface area (Å²) in [6.45, 7) is 0. The molecule has 0 aliphatic heterocycles. The highest BCUT2D eigenvalue weighted by atomic mass is 19.1. The van der Waals surface area contributed by atoms with E-state index >= 15 is 0 Å². The SMILES string of the molecule is Oc1cc(-c2cccc(F)c2)nc2ncnn12. The van der Waals surface area contributed by atoms with E-state index in [1.165, 1.54) is 29.0 Å². The fraction of sp³-hybridized carbons (Fsp3) is 0. The van der Waals surface area contributed by atoms with Crippen LogP contribution in [0.3, 0.4) is 0 Å². The molecular weight excluding hydrogens is 223 g/mol. The van der Waals surface area contributed by atoms with Gasteiger partial charge in [-0.15, -0.1) is 0 Å².